The van der Waals surface area contributed by atoms with Gasteiger partial charge in [0.15, 0.2) is 4.34 Å². The topological polar surface area (TPSA) is 54.9 Å². The first-order valence-electron chi connectivity index (χ1n) is 6.96. The number of carbonyl (C=O) groups is 1. The SMILES string of the molecule is O=C(CSc1nc(-c2ccc(F)cc2)cs1)Nc1ncc(Br)cc1Br. The van der Waals surface area contributed by atoms with Crippen LogP contribution in [-0.2, 0) is 4.79 Å². The predicted molar refractivity (Wildman–Crippen MR) is 106 cm³/mol. The number of hydrogen-bond acceptors (Lipinski definition) is 5. The molecule has 0 aliphatic carbocycles. The van der Waals surface area contributed by atoms with Crippen LogP contribution in [0.1, 0.15) is 0 Å². The summed E-state index contributed by atoms with van der Waals surface area (Å²) in [5.41, 5.74) is 1.61. The number of halogens is 3. The minimum absolute atomic E-state index is 0.168. The molecule has 128 valence electrons. The van der Waals surface area contributed by atoms with E-state index in [1.807, 2.05) is 11.4 Å². The molecular formula is C16H10Br2FN3OS2. The van der Waals surface area contributed by atoms with E-state index in [0.29, 0.717) is 10.3 Å². The molecule has 9 heteroatoms. The Morgan fingerprint density at radius 2 is 2.04 bits per heavy atom. The fourth-order valence-corrected chi connectivity index (χ4v) is 4.60. The number of rotatable bonds is 5. The molecule has 0 unspecified atom stereocenters. The molecule has 0 saturated carbocycles. The maximum absolute atomic E-state index is 13.0. The number of nitrogens with one attached hydrogen (secondary N) is 1. The smallest absolute Gasteiger partial charge is 0.236 e. The average molecular weight is 503 g/mol. The molecule has 25 heavy (non-hydrogen) atoms. The van der Waals surface area contributed by atoms with E-state index in [-0.39, 0.29) is 17.5 Å². The number of carbonyl (C=O) groups excluding carboxylic acids is 1. The van der Waals surface area contributed by atoms with Crippen molar-refractivity contribution in [1.29, 1.82) is 0 Å². The van der Waals surface area contributed by atoms with Gasteiger partial charge in [-0.25, -0.2) is 14.4 Å². The molecule has 4 nitrogen and oxygen atoms in total. The van der Waals surface area contributed by atoms with Gasteiger partial charge < -0.3 is 5.32 Å². The lowest BCUT2D eigenvalue weighted by molar-refractivity contribution is -0.113. The quantitative estimate of drug-likeness (QED) is 0.461. The van der Waals surface area contributed by atoms with Crippen molar-refractivity contribution in [2.45, 2.75) is 4.34 Å². The highest BCUT2D eigenvalue weighted by atomic mass is 79.9. The Labute approximate surface area is 168 Å². The van der Waals surface area contributed by atoms with Crippen molar-refractivity contribution in [2.24, 2.45) is 0 Å². The number of amides is 1. The van der Waals surface area contributed by atoms with E-state index in [4.69, 9.17) is 0 Å². The van der Waals surface area contributed by atoms with Crippen LogP contribution in [-0.4, -0.2) is 21.6 Å². The van der Waals surface area contributed by atoms with Gasteiger partial charge >= 0.3 is 0 Å². The normalized spacial score (nSPS) is 10.7. The summed E-state index contributed by atoms with van der Waals surface area (Å²) in [6.07, 6.45) is 1.61. The summed E-state index contributed by atoms with van der Waals surface area (Å²) >= 11 is 9.46. The van der Waals surface area contributed by atoms with Gasteiger partial charge in [0.2, 0.25) is 5.91 Å². The van der Waals surface area contributed by atoms with Crippen molar-refractivity contribution in [3.05, 3.63) is 56.7 Å². The second-order valence-corrected chi connectivity index (χ2v) is 8.68. The Balaban J connectivity index is 1.58. The third-order valence-electron chi connectivity index (χ3n) is 3.02. The Kier molecular flexibility index (Phi) is 6.21. The first-order valence-corrected chi connectivity index (χ1v) is 10.4. The Morgan fingerprint density at radius 1 is 1.28 bits per heavy atom. The van der Waals surface area contributed by atoms with Crippen LogP contribution in [0.2, 0.25) is 0 Å². The highest BCUT2D eigenvalue weighted by molar-refractivity contribution is 9.11. The standard InChI is InChI=1S/C16H10Br2FN3OS2/c17-10-5-12(18)15(20-6-10)22-14(23)8-25-16-21-13(7-24-16)9-1-3-11(19)4-2-9/h1-7H,8H2,(H,20,22,23). The minimum Gasteiger partial charge on any atom is -0.309 e. The predicted octanol–water partition coefficient (Wildman–Crippen LogP) is 5.60. The molecule has 1 amide bonds. The second kappa shape index (κ2) is 8.39. The monoisotopic (exact) mass is 501 g/mol. The summed E-state index contributed by atoms with van der Waals surface area (Å²) in [6.45, 7) is 0. The molecule has 3 rings (SSSR count). The molecular weight excluding hydrogens is 493 g/mol. The van der Waals surface area contributed by atoms with E-state index >= 15 is 0 Å². The number of benzene rings is 1. The molecule has 0 radical (unpaired) electrons. The van der Waals surface area contributed by atoms with Gasteiger partial charge in [-0.15, -0.1) is 11.3 Å². The van der Waals surface area contributed by atoms with Crippen molar-refractivity contribution in [2.75, 3.05) is 11.1 Å². The summed E-state index contributed by atoms with van der Waals surface area (Å²) < 4.78 is 15.3. The van der Waals surface area contributed by atoms with Gasteiger partial charge in [0.05, 0.1) is 15.9 Å². The van der Waals surface area contributed by atoms with Crippen molar-refractivity contribution < 1.29 is 9.18 Å². The van der Waals surface area contributed by atoms with Crippen LogP contribution in [0.5, 0.6) is 0 Å². The average Bonchev–Trinajstić information content (AvgIpc) is 3.05. The highest BCUT2D eigenvalue weighted by Crippen LogP contribution is 2.29. The van der Waals surface area contributed by atoms with E-state index in [1.165, 1.54) is 35.2 Å². The summed E-state index contributed by atoms with van der Waals surface area (Å²) in [6, 6.07) is 7.98. The van der Waals surface area contributed by atoms with E-state index < -0.39 is 0 Å². The maximum atomic E-state index is 13.0. The lowest BCUT2D eigenvalue weighted by atomic mass is 10.2. The Hall–Kier alpha value is -1.29. The Bertz CT molecular complexity index is 903. The van der Waals surface area contributed by atoms with E-state index in [0.717, 1.165) is 20.1 Å². The molecule has 0 saturated heterocycles. The first kappa shape index (κ1) is 18.5. The Morgan fingerprint density at radius 3 is 2.76 bits per heavy atom. The largest absolute Gasteiger partial charge is 0.309 e. The molecule has 0 fully saturated rings. The zero-order valence-corrected chi connectivity index (χ0v) is 17.3. The maximum Gasteiger partial charge on any atom is 0.236 e. The highest BCUT2D eigenvalue weighted by Gasteiger charge is 2.11. The fraction of sp³-hybridized carbons (Fsp3) is 0.0625. The molecule has 1 N–H and O–H groups in total. The summed E-state index contributed by atoms with van der Waals surface area (Å²) in [5, 5.41) is 4.64. The summed E-state index contributed by atoms with van der Waals surface area (Å²) in [5.74, 6) is 0.248. The molecule has 3 aromatic rings. The van der Waals surface area contributed by atoms with Gasteiger partial charge in [0.1, 0.15) is 11.6 Å². The molecule has 0 aliphatic heterocycles. The summed E-state index contributed by atoms with van der Waals surface area (Å²) in [7, 11) is 0. The molecule has 2 aromatic heterocycles. The van der Waals surface area contributed by atoms with Gasteiger partial charge in [-0.3, -0.25) is 4.79 Å². The van der Waals surface area contributed by atoms with Gasteiger partial charge in [-0.1, -0.05) is 11.8 Å². The van der Waals surface area contributed by atoms with Crippen LogP contribution in [0, 0.1) is 5.82 Å². The van der Waals surface area contributed by atoms with Crippen molar-refractivity contribution in [3.8, 4) is 11.3 Å². The van der Waals surface area contributed by atoms with Crippen LogP contribution in [0.3, 0.4) is 0 Å². The third-order valence-corrected chi connectivity index (χ3v) is 6.07. The van der Waals surface area contributed by atoms with Crippen LogP contribution in [0.4, 0.5) is 10.2 Å². The number of thiazole rings is 1. The first-order chi connectivity index (χ1) is 12.0. The number of thioether (sulfide) groups is 1. The number of anilines is 1. The van der Waals surface area contributed by atoms with Crippen molar-refractivity contribution >= 4 is 66.7 Å². The van der Waals surface area contributed by atoms with Crippen molar-refractivity contribution in [3.63, 3.8) is 0 Å². The van der Waals surface area contributed by atoms with Crippen LogP contribution >= 0.6 is 55.0 Å². The van der Waals surface area contributed by atoms with Gasteiger partial charge in [0.25, 0.3) is 0 Å². The summed E-state index contributed by atoms with van der Waals surface area (Å²) in [4.78, 5) is 20.7. The van der Waals surface area contributed by atoms with Gasteiger partial charge in [-0.2, -0.15) is 0 Å². The van der Waals surface area contributed by atoms with Crippen LogP contribution < -0.4 is 5.32 Å². The van der Waals surface area contributed by atoms with Crippen LogP contribution in [0.15, 0.2) is 55.2 Å². The minimum atomic E-state index is -0.280. The van der Waals surface area contributed by atoms with Crippen LogP contribution in [0.25, 0.3) is 11.3 Å². The van der Waals surface area contributed by atoms with Crippen molar-refractivity contribution in [1.82, 2.24) is 9.97 Å². The number of aromatic nitrogens is 2. The molecule has 0 bridgehead atoms. The van der Waals surface area contributed by atoms with E-state index in [2.05, 4.69) is 47.1 Å². The second-order valence-electron chi connectivity index (χ2n) is 4.83. The third kappa shape index (κ3) is 5.10. The van der Waals surface area contributed by atoms with E-state index in [1.54, 1.807) is 18.3 Å². The fourth-order valence-electron chi connectivity index (χ4n) is 1.88. The molecule has 2 heterocycles. The number of nitrogens with zero attached hydrogens (tertiary/aromatic N) is 2. The molecule has 1 aromatic carbocycles. The lowest BCUT2D eigenvalue weighted by Gasteiger charge is -2.05. The van der Waals surface area contributed by atoms with Gasteiger partial charge in [0, 0.05) is 21.6 Å². The molecule has 0 atom stereocenters. The zero-order valence-electron chi connectivity index (χ0n) is 12.5. The lowest BCUT2D eigenvalue weighted by Crippen LogP contribution is -2.15. The zero-order chi connectivity index (χ0) is 17.8. The van der Waals surface area contributed by atoms with E-state index in [9.17, 15) is 9.18 Å². The molecule has 0 aliphatic rings. The number of pyridine rings is 1. The molecule has 0 spiro atoms. The number of hydrogen-bond donors (Lipinski definition) is 1. The van der Waals surface area contributed by atoms with Gasteiger partial charge in [-0.05, 0) is 62.2 Å².